The number of rotatable bonds is 6. The molecule has 2 aromatic rings. The first-order valence-electron chi connectivity index (χ1n) is 10.8. The topological polar surface area (TPSA) is 75.9 Å². The van der Waals surface area contributed by atoms with Crippen LogP contribution in [0.5, 0.6) is 0 Å². The Bertz CT molecular complexity index is 783. The van der Waals surface area contributed by atoms with Crippen molar-refractivity contribution in [2.45, 2.75) is 63.1 Å². The van der Waals surface area contributed by atoms with Crippen LogP contribution < -0.4 is 5.32 Å². The van der Waals surface area contributed by atoms with Gasteiger partial charge in [0.2, 0.25) is 5.91 Å². The molecule has 1 saturated heterocycles. The van der Waals surface area contributed by atoms with E-state index in [2.05, 4.69) is 50.0 Å². The maximum Gasteiger partial charge on any atom is 0.237 e. The van der Waals surface area contributed by atoms with Crippen LogP contribution in [0.4, 0.5) is 0 Å². The Morgan fingerprint density at radius 3 is 2.66 bits per heavy atom. The lowest BCUT2D eigenvalue weighted by Gasteiger charge is -2.25. The van der Waals surface area contributed by atoms with Gasteiger partial charge < -0.3 is 5.32 Å². The molecule has 1 aliphatic carbocycles. The second-order valence-electron chi connectivity index (χ2n) is 8.16. The molecule has 2 atom stereocenters. The van der Waals surface area contributed by atoms with E-state index >= 15 is 0 Å². The monoisotopic (exact) mass is 394 g/mol. The predicted molar refractivity (Wildman–Crippen MR) is 112 cm³/mol. The van der Waals surface area contributed by atoms with E-state index in [4.69, 9.17) is 0 Å². The zero-order chi connectivity index (χ0) is 19.9. The number of tetrazole rings is 1. The summed E-state index contributed by atoms with van der Waals surface area (Å²) in [5, 5.41) is 14.9. The third-order valence-corrected chi connectivity index (χ3v) is 6.07. The van der Waals surface area contributed by atoms with Crippen LogP contribution in [-0.2, 0) is 4.79 Å². The lowest BCUT2D eigenvalue weighted by molar-refractivity contribution is -0.126. The number of hydrogen-bond acceptors (Lipinski definition) is 5. The molecule has 2 aliphatic rings. The van der Waals surface area contributed by atoms with Gasteiger partial charge in [0, 0.05) is 19.1 Å². The third kappa shape index (κ3) is 5.29. The summed E-state index contributed by atoms with van der Waals surface area (Å²) in [6.45, 7) is 1.50. The van der Waals surface area contributed by atoms with Crippen LogP contribution in [0.3, 0.4) is 0 Å². The molecule has 4 rings (SSSR count). The fourth-order valence-corrected chi connectivity index (χ4v) is 4.49. The highest BCUT2D eigenvalue weighted by molar-refractivity contribution is 5.82. The number of aromatic nitrogens is 4. The molecule has 1 aliphatic heterocycles. The van der Waals surface area contributed by atoms with Gasteiger partial charge in [-0.1, -0.05) is 68.2 Å². The number of carbonyl (C=O) groups excluding carboxylic acids is 1. The summed E-state index contributed by atoms with van der Waals surface area (Å²) in [7, 11) is 0. The summed E-state index contributed by atoms with van der Waals surface area (Å²) in [5.74, 6) is 0.153. The molecule has 0 spiro atoms. The minimum atomic E-state index is -0.145. The lowest BCUT2D eigenvalue weighted by Crippen LogP contribution is -2.46. The normalized spacial score (nSPS) is 24.0. The van der Waals surface area contributed by atoms with Crippen LogP contribution >= 0.6 is 0 Å². The Balaban J connectivity index is 1.42. The number of amides is 1. The summed E-state index contributed by atoms with van der Waals surface area (Å²) < 4.78 is 1.78. The fraction of sp³-hybridized carbons (Fsp3) is 0.545. The molecule has 1 aromatic heterocycles. The molecular formula is C22H30N6O. The van der Waals surface area contributed by atoms with E-state index in [1.165, 1.54) is 31.2 Å². The molecule has 0 unspecified atom stereocenters. The van der Waals surface area contributed by atoms with E-state index in [0.29, 0.717) is 6.04 Å². The van der Waals surface area contributed by atoms with E-state index in [0.717, 1.165) is 32.4 Å². The van der Waals surface area contributed by atoms with E-state index in [1.54, 1.807) is 11.0 Å². The second-order valence-corrected chi connectivity index (χ2v) is 8.16. The maximum atomic E-state index is 13.1. The van der Waals surface area contributed by atoms with Gasteiger partial charge >= 0.3 is 0 Å². The van der Waals surface area contributed by atoms with Crippen molar-refractivity contribution < 1.29 is 4.79 Å². The van der Waals surface area contributed by atoms with E-state index in [-0.39, 0.29) is 18.0 Å². The number of nitrogens with zero attached hydrogens (tertiary/aromatic N) is 5. The standard InChI is InChI=1S/C22H30N6O/c29-22(24-19-12-6-1-2-7-13-19)21-15-20(28-17-23-25-26-28)16-27(21)14-8-11-18-9-4-3-5-10-18/h3-5,8-11,17,19-21H,1-2,6-7,12-16H2,(H,24,29)/b11-8+/t20-,21+/m1/s1. The largest absolute Gasteiger partial charge is 0.352 e. The van der Waals surface area contributed by atoms with Crippen molar-refractivity contribution in [1.29, 1.82) is 0 Å². The summed E-state index contributed by atoms with van der Waals surface area (Å²) >= 11 is 0. The molecule has 7 nitrogen and oxygen atoms in total. The van der Waals surface area contributed by atoms with Crippen molar-refractivity contribution in [2.24, 2.45) is 0 Å². The highest BCUT2D eigenvalue weighted by Gasteiger charge is 2.38. The van der Waals surface area contributed by atoms with Gasteiger partial charge in [0.25, 0.3) is 0 Å². The van der Waals surface area contributed by atoms with E-state index < -0.39 is 0 Å². The van der Waals surface area contributed by atoms with E-state index in [1.807, 2.05) is 18.2 Å². The molecule has 2 heterocycles. The average Bonchev–Trinajstić information content (AvgIpc) is 3.35. The Hall–Kier alpha value is -2.54. The number of benzene rings is 1. The molecule has 0 bridgehead atoms. The molecule has 154 valence electrons. The number of likely N-dealkylation sites (tertiary alicyclic amines) is 1. The molecule has 2 fully saturated rings. The maximum absolute atomic E-state index is 13.1. The summed E-state index contributed by atoms with van der Waals surface area (Å²) in [5.41, 5.74) is 1.17. The summed E-state index contributed by atoms with van der Waals surface area (Å²) in [6.07, 6.45) is 13.8. The molecule has 1 amide bonds. The summed E-state index contributed by atoms with van der Waals surface area (Å²) in [4.78, 5) is 15.4. The van der Waals surface area contributed by atoms with Crippen molar-refractivity contribution in [3.05, 3.63) is 48.3 Å². The predicted octanol–water partition coefficient (Wildman–Crippen LogP) is 2.84. The first kappa shape index (κ1) is 19.8. The average molecular weight is 395 g/mol. The third-order valence-electron chi connectivity index (χ3n) is 6.07. The highest BCUT2D eigenvalue weighted by atomic mass is 16.2. The first-order valence-corrected chi connectivity index (χ1v) is 10.8. The van der Waals surface area contributed by atoms with Crippen LogP contribution in [0.1, 0.15) is 56.6 Å². The van der Waals surface area contributed by atoms with Crippen molar-refractivity contribution in [2.75, 3.05) is 13.1 Å². The van der Waals surface area contributed by atoms with Gasteiger partial charge in [0.1, 0.15) is 6.33 Å². The van der Waals surface area contributed by atoms with Gasteiger partial charge in [0.15, 0.2) is 0 Å². The SMILES string of the molecule is O=C(NC1CCCCCC1)[C@@H]1C[C@@H](n2cnnn2)CN1C/C=C/c1ccccc1. The van der Waals surface area contributed by atoms with Crippen molar-refractivity contribution in [3.8, 4) is 0 Å². The Morgan fingerprint density at radius 1 is 1.14 bits per heavy atom. The van der Waals surface area contributed by atoms with Gasteiger partial charge in [-0.25, -0.2) is 4.68 Å². The van der Waals surface area contributed by atoms with Gasteiger partial charge in [-0.2, -0.15) is 0 Å². The molecule has 1 saturated carbocycles. The first-order chi connectivity index (χ1) is 14.3. The van der Waals surface area contributed by atoms with E-state index in [9.17, 15) is 4.79 Å². The quantitative estimate of drug-likeness (QED) is 0.763. The van der Waals surface area contributed by atoms with Crippen LogP contribution in [-0.4, -0.2) is 56.2 Å². The molecular weight excluding hydrogens is 364 g/mol. The van der Waals surface area contributed by atoms with Gasteiger partial charge in [-0.3, -0.25) is 9.69 Å². The molecule has 29 heavy (non-hydrogen) atoms. The van der Waals surface area contributed by atoms with Gasteiger partial charge in [-0.15, -0.1) is 5.10 Å². The zero-order valence-corrected chi connectivity index (χ0v) is 16.9. The molecule has 0 radical (unpaired) electrons. The number of hydrogen-bond donors (Lipinski definition) is 1. The molecule has 7 heteroatoms. The van der Waals surface area contributed by atoms with Gasteiger partial charge in [-0.05, 0) is 35.3 Å². The minimum Gasteiger partial charge on any atom is -0.352 e. The van der Waals surface area contributed by atoms with Gasteiger partial charge in [0.05, 0.1) is 12.1 Å². The highest BCUT2D eigenvalue weighted by Crippen LogP contribution is 2.27. The number of carbonyl (C=O) groups is 1. The lowest BCUT2D eigenvalue weighted by atomic mass is 10.1. The van der Waals surface area contributed by atoms with Crippen molar-refractivity contribution in [3.63, 3.8) is 0 Å². The Kier molecular flexibility index (Phi) is 6.67. The fourth-order valence-electron chi connectivity index (χ4n) is 4.49. The smallest absolute Gasteiger partial charge is 0.237 e. The van der Waals surface area contributed by atoms with Crippen molar-refractivity contribution >= 4 is 12.0 Å². The van der Waals surface area contributed by atoms with Crippen LogP contribution in [0.25, 0.3) is 6.08 Å². The van der Waals surface area contributed by atoms with Crippen LogP contribution in [0.15, 0.2) is 42.7 Å². The Labute approximate surface area is 172 Å². The zero-order valence-electron chi connectivity index (χ0n) is 16.9. The summed E-state index contributed by atoms with van der Waals surface area (Å²) in [6, 6.07) is 10.6. The van der Waals surface area contributed by atoms with Crippen LogP contribution in [0.2, 0.25) is 0 Å². The molecule has 1 aromatic carbocycles. The Morgan fingerprint density at radius 2 is 1.93 bits per heavy atom. The molecule has 1 N–H and O–H groups in total. The minimum absolute atomic E-state index is 0.125. The van der Waals surface area contributed by atoms with Crippen LogP contribution in [0, 0.1) is 0 Å². The number of nitrogens with one attached hydrogen (secondary N) is 1. The van der Waals surface area contributed by atoms with Crippen molar-refractivity contribution in [1.82, 2.24) is 30.4 Å². The second kappa shape index (κ2) is 9.78.